The molecule has 5 rings (SSSR count). The molecule has 0 unspecified atom stereocenters. The Bertz CT molecular complexity index is 1570. The molecule has 10 nitrogen and oxygen atoms in total. The zero-order chi connectivity index (χ0) is 26.0. The molecule has 1 aliphatic carbocycles. The van der Waals surface area contributed by atoms with E-state index in [4.69, 9.17) is 18.7 Å². The maximum Gasteiger partial charge on any atom is 0.270 e. The summed E-state index contributed by atoms with van der Waals surface area (Å²) in [7, 11) is 0.0659. The molecule has 11 heteroatoms. The highest BCUT2D eigenvalue weighted by molar-refractivity contribution is 7.93. The first-order valence-corrected chi connectivity index (χ1v) is 13.1. The maximum atomic E-state index is 13.6. The van der Waals surface area contributed by atoms with Crippen molar-refractivity contribution in [3.05, 3.63) is 53.9 Å². The van der Waals surface area contributed by atoms with Crippen molar-refractivity contribution in [1.82, 2.24) is 14.9 Å². The molecule has 1 saturated carbocycles. The number of hydrogen-bond acceptors (Lipinski definition) is 8. The molecule has 0 saturated heterocycles. The molecule has 192 valence electrons. The van der Waals surface area contributed by atoms with Crippen molar-refractivity contribution in [3.63, 3.8) is 0 Å². The Morgan fingerprint density at radius 2 is 1.81 bits per heavy atom. The van der Waals surface area contributed by atoms with Crippen LogP contribution in [0.5, 0.6) is 17.2 Å². The molecular formula is C26H26N4O6S. The van der Waals surface area contributed by atoms with Crippen molar-refractivity contribution in [3.8, 4) is 29.1 Å². The van der Waals surface area contributed by atoms with Crippen LogP contribution in [0.1, 0.15) is 30.4 Å². The molecule has 1 aliphatic rings. The van der Waals surface area contributed by atoms with Gasteiger partial charge in [-0.15, -0.1) is 0 Å². The minimum Gasteiger partial charge on any atom is -0.496 e. The van der Waals surface area contributed by atoms with Crippen LogP contribution in [0.3, 0.4) is 0 Å². The smallest absolute Gasteiger partial charge is 0.270 e. The summed E-state index contributed by atoms with van der Waals surface area (Å²) in [4.78, 5) is -0.169. The summed E-state index contributed by atoms with van der Waals surface area (Å²) in [5, 5.41) is 8.57. The predicted molar refractivity (Wildman–Crippen MR) is 136 cm³/mol. The summed E-state index contributed by atoms with van der Waals surface area (Å²) >= 11 is 0. The fourth-order valence-corrected chi connectivity index (χ4v) is 5.44. The van der Waals surface area contributed by atoms with Crippen LogP contribution in [0.15, 0.2) is 52.1 Å². The molecule has 0 amide bonds. The Balaban J connectivity index is 1.50. The molecule has 1 N–H and O–H groups in total. The number of anilines is 1. The average molecular weight is 523 g/mol. The van der Waals surface area contributed by atoms with Gasteiger partial charge >= 0.3 is 0 Å². The molecule has 0 atom stereocenters. The van der Waals surface area contributed by atoms with Crippen LogP contribution < -0.4 is 18.9 Å². The van der Waals surface area contributed by atoms with Gasteiger partial charge in [0.1, 0.15) is 22.6 Å². The lowest BCUT2D eigenvalue weighted by atomic mass is 9.86. The molecule has 0 radical (unpaired) electrons. The standard InChI is InChI=1S/C26H26N4O6S/c1-33-20-14-19(16-30-11-5-10-27-30)15-21-24(20)26(28-36-21)29-37(31,32)25-22(34-2)12-18(13-23(25)35-3)9-8-17-6-4-7-17/h5,10-15,17H,4,6-7,16H2,1-3H3,(H,28,29). The third-order valence-corrected chi connectivity index (χ3v) is 7.61. The summed E-state index contributed by atoms with van der Waals surface area (Å²) in [6.45, 7) is 0.478. The van der Waals surface area contributed by atoms with Gasteiger partial charge in [0.15, 0.2) is 16.3 Å². The number of ether oxygens (including phenoxy) is 3. The quantitative estimate of drug-likeness (QED) is 0.345. The van der Waals surface area contributed by atoms with Crippen LogP contribution in [0, 0.1) is 17.8 Å². The zero-order valence-electron chi connectivity index (χ0n) is 20.6. The molecule has 0 spiro atoms. The first kappa shape index (κ1) is 24.5. The van der Waals surface area contributed by atoms with E-state index in [-0.39, 0.29) is 22.2 Å². The van der Waals surface area contributed by atoms with E-state index >= 15 is 0 Å². The minimum atomic E-state index is -4.22. The van der Waals surface area contributed by atoms with Gasteiger partial charge in [-0.3, -0.25) is 9.40 Å². The molecule has 1 fully saturated rings. The van der Waals surface area contributed by atoms with E-state index in [0.717, 1.165) is 18.4 Å². The second kappa shape index (κ2) is 10.1. The number of aromatic nitrogens is 3. The van der Waals surface area contributed by atoms with Gasteiger partial charge in [0.05, 0.1) is 27.9 Å². The number of hydrogen-bond donors (Lipinski definition) is 1. The average Bonchev–Trinajstić information content (AvgIpc) is 3.51. The van der Waals surface area contributed by atoms with Crippen LogP contribution in [-0.2, 0) is 16.6 Å². The van der Waals surface area contributed by atoms with Gasteiger partial charge in [0.2, 0.25) is 0 Å². The maximum absolute atomic E-state index is 13.6. The van der Waals surface area contributed by atoms with Crippen molar-refractivity contribution in [2.24, 2.45) is 5.92 Å². The summed E-state index contributed by atoms with van der Waals surface area (Å²) in [5.74, 6) is 7.28. The highest BCUT2D eigenvalue weighted by atomic mass is 32.2. The summed E-state index contributed by atoms with van der Waals surface area (Å²) in [5.41, 5.74) is 1.82. The number of benzene rings is 2. The van der Waals surface area contributed by atoms with Crippen LogP contribution in [0.25, 0.3) is 11.0 Å². The van der Waals surface area contributed by atoms with Crippen molar-refractivity contribution in [2.45, 2.75) is 30.7 Å². The van der Waals surface area contributed by atoms with E-state index in [9.17, 15) is 8.42 Å². The monoisotopic (exact) mass is 522 g/mol. The van der Waals surface area contributed by atoms with Gasteiger partial charge in [0.25, 0.3) is 10.0 Å². The lowest BCUT2D eigenvalue weighted by molar-refractivity contribution is 0.373. The van der Waals surface area contributed by atoms with Crippen molar-refractivity contribution >= 4 is 26.8 Å². The fraction of sp³-hybridized carbons (Fsp3) is 0.308. The number of nitrogens with zero attached hydrogens (tertiary/aromatic N) is 3. The first-order valence-electron chi connectivity index (χ1n) is 11.7. The first-order chi connectivity index (χ1) is 17.9. The SMILES string of the molecule is COc1cc(C#CC2CCC2)cc(OC)c1S(=O)(=O)Nc1noc2cc(Cn3cccn3)cc(OC)c12. The molecule has 0 bridgehead atoms. The number of nitrogens with one attached hydrogen (secondary N) is 1. The topological polar surface area (TPSA) is 118 Å². The van der Waals surface area contributed by atoms with E-state index in [2.05, 4.69) is 26.8 Å². The van der Waals surface area contributed by atoms with Crippen molar-refractivity contribution in [2.75, 3.05) is 26.1 Å². The lowest BCUT2D eigenvalue weighted by Gasteiger charge is -2.18. The van der Waals surface area contributed by atoms with Crippen molar-refractivity contribution in [1.29, 1.82) is 0 Å². The zero-order valence-corrected chi connectivity index (χ0v) is 21.5. The Hall–Kier alpha value is -4.17. The van der Waals surface area contributed by atoms with Crippen molar-refractivity contribution < 1.29 is 27.2 Å². The van der Waals surface area contributed by atoms with Crippen LogP contribution in [0.4, 0.5) is 5.82 Å². The number of rotatable bonds is 8. The van der Waals surface area contributed by atoms with Gasteiger partial charge in [0, 0.05) is 23.9 Å². The predicted octanol–water partition coefficient (Wildman–Crippen LogP) is 4.05. The van der Waals surface area contributed by atoms with Gasteiger partial charge in [-0.05, 0) is 48.7 Å². The second-order valence-corrected chi connectivity index (χ2v) is 10.2. The van der Waals surface area contributed by atoms with Gasteiger partial charge in [-0.2, -0.15) is 5.10 Å². The Morgan fingerprint density at radius 3 is 2.41 bits per heavy atom. The Kier molecular flexibility index (Phi) is 6.67. The second-order valence-electron chi connectivity index (χ2n) is 8.62. The molecule has 2 aromatic carbocycles. The molecule has 2 heterocycles. The lowest BCUT2D eigenvalue weighted by Crippen LogP contribution is -2.16. The van der Waals surface area contributed by atoms with E-state index < -0.39 is 10.0 Å². The van der Waals surface area contributed by atoms with Gasteiger partial charge < -0.3 is 18.7 Å². The van der Waals surface area contributed by atoms with Gasteiger partial charge in [-0.1, -0.05) is 23.4 Å². The highest BCUT2D eigenvalue weighted by Crippen LogP contribution is 2.39. The number of sulfonamides is 1. The summed E-state index contributed by atoms with van der Waals surface area (Å²) < 4.78 is 53.3. The molecule has 0 aliphatic heterocycles. The van der Waals surface area contributed by atoms with Gasteiger partial charge in [-0.25, -0.2) is 8.42 Å². The fourth-order valence-electron chi connectivity index (χ4n) is 4.13. The molecular weight excluding hydrogens is 496 g/mol. The third kappa shape index (κ3) is 4.93. The Morgan fingerprint density at radius 1 is 1.08 bits per heavy atom. The Labute approximate surface area is 214 Å². The molecule has 4 aromatic rings. The summed E-state index contributed by atoms with van der Waals surface area (Å²) in [6, 6.07) is 8.56. The largest absolute Gasteiger partial charge is 0.496 e. The number of methoxy groups -OCH3 is 3. The molecule has 37 heavy (non-hydrogen) atoms. The van der Waals surface area contributed by atoms with E-state index in [0.29, 0.717) is 34.7 Å². The molecule has 2 aromatic heterocycles. The minimum absolute atomic E-state index is 0.0181. The van der Waals surface area contributed by atoms with E-state index in [1.54, 1.807) is 35.1 Å². The van der Waals surface area contributed by atoms with E-state index in [1.807, 2.05) is 12.3 Å². The third-order valence-electron chi connectivity index (χ3n) is 6.21. The highest BCUT2D eigenvalue weighted by Gasteiger charge is 2.29. The van der Waals surface area contributed by atoms with Crippen LogP contribution in [0.2, 0.25) is 0 Å². The van der Waals surface area contributed by atoms with Crippen LogP contribution in [-0.4, -0.2) is 44.7 Å². The normalized spacial score (nSPS) is 13.5. The number of fused-ring (bicyclic) bond motifs is 1. The van der Waals surface area contributed by atoms with E-state index in [1.165, 1.54) is 27.8 Å². The summed E-state index contributed by atoms with van der Waals surface area (Å²) in [6.07, 6.45) is 6.87. The van der Waals surface area contributed by atoms with Crippen LogP contribution >= 0.6 is 0 Å².